The third-order valence-electron chi connectivity index (χ3n) is 2.51. The van der Waals surface area contributed by atoms with Crippen LogP contribution < -0.4 is 5.73 Å². The summed E-state index contributed by atoms with van der Waals surface area (Å²) in [6.45, 7) is 1.05. The summed E-state index contributed by atoms with van der Waals surface area (Å²) in [6, 6.07) is 13.1. The van der Waals surface area contributed by atoms with Crippen LogP contribution in [0.5, 0.6) is 0 Å². The molecule has 2 rings (SSSR count). The fourth-order valence-electron chi connectivity index (χ4n) is 1.55. The molecule has 0 spiro atoms. The molecule has 0 unspecified atom stereocenters. The first-order chi connectivity index (χ1) is 8.65. The third kappa shape index (κ3) is 3.64. The van der Waals surface area contributed by atoms with Gasteiger partial charge in [0.25, 0.3) is 0 Å². The van der Waals surface area contributed by atoms with E-state index in [1.54, 1.807) is 6.07 Å². The van der Waals surface area contributed by atoms with Crippen molar-refractivity contribution in [1.29, 1.82) is 0 Å². The normalized spacial score (nSPS) is 10.6. The molecule has 2 nitrogen and oxygen atoms in total. The highest BCUT2D eigenvalue weighted by atomic mass is 35.5. The number of ether oxygens (including phenoxy) is 1. The lowest BCUT2D eigenvalue weighted by Gasteiger charge is -2.06. The van der Waals surface area contributed by atoms with Gasteiger partial charge in [-0.2, -0.15) is 0 Å². The highest BCUT2D eigenvalue weighted by Gasteiger charge is 1.99. The first kappa shape index (κ1) is 13.2. The van der Waals surface area contributed by atoms with E-state index in [1.165, 1.54) is 0 Å². The van der Waals surface area contributed by atoms with E-state index >= 15 is 0 Å². The highest BCUT2D eigenvalue weighted by molar-refractivity contribution is 6.33. The quantitative estimate of drug-likeness (QED) is 0.849. The average molecular weight is 282 g/mol. The Labute approximate surface area is 116 Å². The van der Waals surface area contributed by atoms with Crippen molar-refractivity contribution in [1.82, 2.24) is 0 Å². The zero-order chi connectivity index (χ0) is 13.0. The molecule has 0 saturated carbocycles. The largest absolute Gasteiger partial charge is 0.398 e. The van der Waals surface area contributed by atoms with Crippen molar-refractivity contribution in [2.24, 2.45) is 0 Å². The maximum Gasteiger partial charge on any atom is 0.0722 e. The Morgan fingerprint density at radius 3 is 2.17 bits per heavy atom. The molecular formula is C14H13Cl2NO. The van der Waals surface area contributed by atoms with E-state index in [0.29, 0.717) is 23.9 Å². The monoisotopic (exact) mass is 281 g/mol. The van der Waals surface area contributed by atoms with Crippen LogP contribution in [0.1, 0.15) is 11.1 Å². The Morgan fingerprint density at radius 1 is 0.889 bits per heavy atom. The molecule has 2 N–H and O–H groups in total. The number of nitrogen functional groups attached to an aromatic ring is 1. The van der Waals surface area contributed by atoms with E-state index in [2.05, 4.69) is 0 Å². The molecule has 0 saturated heterocycles. The highest BCUT2D eigenvalue weighted by Crippen LogP contribution is 2.20. The molecule has 0 aliphatic heterocycles. The minimum absolute atomic E-state index is 0.504. The van der Waals surface area contributed by atoms with Crippen LogP contribution in [0, 0.1) is 0 Å². The number of halogens is 2. The van der Waals surface area contributed by atoms with Crippen LogP contribution in [0.2, 0.25) is 10.0 Å². The van der Waals surface area contributed by atoms with Crippen LogP contribution in [0.25, 0.3) is 0 Å². The van der Waals surface area contributed by atoms with Gasteiger partial charge in [0.2, 0.25) is 0 Å². The average Bonchev–Trinajstić information content (AvgIpc) is 2.36. The molecule has 0 aliphatic rings. The van der Waals surface area contributed by atoms with Crippen molar-refractivity contribution in [3.05, 3.63) is 63.6 Å². The van der Waals surface area contributed by atoms with Gasteiger partial charge in [-0.1, -0.05) is 41.4 Å². The molecule has 2 aromatic carbocycles. The van der Waals surface area contributed by atoms with Crippen LogP contribution in [0.4, 0.5) is 5.69 Å². The predicted octanol–water partition coefficient (Wildman–Crippen LogP) is 4.29. The SMILES string of the molecule is Nc1cc(COCc2ccc(Cl)cc2)ccc1Cl. The number of hydrogen-bond donors (Lipinski definition) is 1. The van der Waals surface area contributed by atoms with Gasteiger partial charge in [-0.3, -0.25) is 0 Å². The molecule has 0 amide bonds. The number of anilines is 1. The van der Waals surface area contributed by atoms with Gasteiger partial charge in [0, 0.05) is 5.02 Å². The van der Waals surface area contributed by atoms with E-state index in [1.807, 2.05) is 36.4 Å². The summed E-state index contributed by atoms with van der Waals surface area (Å²) < 4.78 is 5.60. The fourth-order valence-corrected chi connectivity index (χ4v) is 1.79. The van der Waals surface area contributed by atoms with E-state index in [0.717, 1.165) is 16.1 Å². The Balaban J connectivity index is 1.88. The second kappa shape index (κ2) is 6.10. The maximum absolute atomic E-state index is 5.85. The summed E-state index contributed by atoms with van der Waals surface area (Å²) in [5, 5.41) is 1.29. The van der Waals surface area contributed by atoms with Gasteiger partial charge < -0.3 is 10.5 Å². The molecule has 0 fully saturated rings. The standard InChI is InChI=1S/C14H13Cl2NO/c15-12-4-1-10(2-5-12)8-18-9-11-3-6-13(16)14(17)7-11/h1-7H,8-9,17H2. The summed E-state index contributed by atoms with van der Waals surface area (Å²) in [6.07, 6.45) is 0. The number of rotatable bonds is 4. The molecule has 0 aromatic heterocycles. The Kier molecular flexibility index (Phi) is 4.48. The first-order valence-electron chi connectivity index (χ1n) is 5.51. The van der Waals surface area contributed by atoms with Crippen molar-refractivity contribution in [3.8, 4) is 0 Å². The molecule has 0 atom stereocenters. The molecular weight excluding hydrogens is 269 g/mol. The van der Waals surface area contributed by atoms with Gasteiger partial charge in [0.15, 0.2) is 0 Å². The van der Waals surface area contributed by atoms with Crippen molar-refractivity contribution in [2.45, 2.75) is 13.2 Å². The molecule has 0 bridgehead atoms. The van der Waals surface area contributed by atoms with Crippen LogP contribution in [0.3, 0.4) is 0 Å². The summed E-state index contributed by atoms with van der Waals surface area (Å²) in [7, 11) is 0. The van der Waals surface area contributed by atoms with Crippen molar-refractivity contribution in [3.63, 3.8) is 0 Å². The molecule has 2 aromatic rings. The molecule has 0 aliphatic carbocycles. The van der Waals surface area contributed by atoms with Crippen LogP contribution in [-0.2, 0) is 18.0 Å². The topological polar surface area (TPSA) is 35.2 Å². The number of benzene rings is 2. The smallest absolute Gasteiger partial charge is 0.0722 e. The van der Waals surface area contributed by atoms with Crippen molar-refractivity contribution < 1.29 is 4.74 Å². The molecule has 18 heavy (non-hydrogen) atoms. The zero-order valence-corrected chi connectivity index (χ0v) is 11.2. The van der Waals surface area contributed by atoms with Gasteiger partial charge in [-0.15, -0.1) is 0 Å². The van der Waals surface area contributed by atoms with Crippen LogP contribution in [-0.4, -0.2) is 0 Å². The van der Waals surface area contributed by atoms with E-state index in [4.69, 9.17) is 33.7 Å². The van der Waals surface area contributed by atoms with Crippen LogP contribution in [0.15, 0.2) is 42.5 Å². The van der Waals surface area contributed by atoms with E-state index in [-0.39, 0.29) is 0 Å². The van der Waals surface area contributed by atoms with E-state index in [9.17, 15) is 0 Å². The van der Waals surface area contributed by atoms with Gasteiger partial charge in [0.05, 0.1) is 23.9 Å². The minimum atomic E-state index is 0.504. The van der Waals surface area contributed by atoms with Crippen LogP contribution >= 0.6 is 23.2 Å². The van der Waals surface area contributed by atoms with E-state index < -0.39 is 0 Å². The first-order valence-corrected chi connectivity index (χ1v) is 6.27. The predicted molar refractivity (Wildman–Crippen MR) is 75.8 cm³/mol. The Hall–Kier alpha value is -1.22. The molecule has 0 radical (unpaired) electrons. The third-order valence-corrected chi connectivity index (χ3v) is 3.11. The minimum Gasteiger partial charge on any atom is -0.398 e. The summed E-state index contributed by atoms with van der Waals surface area (Å²) in [4.78, 5) is 0. The lowest BCUT2D eigenvalue weighted by molar-refractivity contribution is 0.107. The lowest BCUT2D eigenvalue weighted by atomic mass is 10.2. The fraction of sp³-hybridized carbons (Fsp3) is 0.143. The second-order valence-corrected chi connectivity index (χ2v) is 4.82. The molecule has 0 heterocycles. The number of nitrogens with two attached hydrogens (primary N) is 1. The summed E-state index contributed by atoms with van der Waals surface area (Å²) in [5.41, 5.74) is 8.38. The van der Waals surface area contributed by atoms with Crippen molar-refractivity contribution >= 4 is 28.9 Å². The Bertz CT molecular complexity index is 526. The van der Waals surface area contributed by atoms with Gasteiger partial charge >= 0.3 is 0 Å². The molecule has 94 valence electrons. The molecule has 4 heteroatoms. The summed E-state index contributed by atoms with van der Waals surface area (Å²) >= 11 is 11.7. The van der Waals surface area contributed by atoms with Gasteiger partial charge in [-0.05, 0) is 35.4 Å². The van der Waals surface area contributed by atoms with Gasteiger partial charge in [0.1, 0.15) is 0 Å². The van der Waals surface area contributed by atoms with Gasteiger partial charge in [-0.25, -0.2) is 0 Å². The number of hydrogen-bond acceptors (Lipinski definition) is 2. The maximum atomic E-state index is 5.85. The summed E-state index contributed by atoms with van der Waals surface area (Å²) in [5.74, 6) is 0. The zero-order valence-electron chi connectivity index (χ0n) is 9.70. The second-order valence-electron chi connectivity index (χ2n) is 3.98. The van der Waals surface area contributed by atoms with Crippen molar-refractivity contribution in [2.75, 3.05) is 5.73 Å². The lowest BCUT2D eigenvalue weighted by Crippen LogP contribution is -1.95. The Morgan fingerprint density at radius 2 is 1.50 bits per heavy atom.